The summed E-state index contributed by atoms with van der Waals surface area (Å²) in [7, 11) is 0. The van der Waals surface area contributed by atoms with Crippen LogP contribution in [0.4, 0.5) is 11.4 Å². The molecule has 0 saturated heterocycles. The maximum absolute atomic E-state index is 12.5. The molecule has 6 heteroatoms. The van der Waals surface area contributed by atoms with Crippen LogP contribution in [0.25, 0.3) is 0 Å². The Balaban J connectivity index is 1.74. The molecule has 0 fully saturated rings. The van der Waals surface area contributed by atoms with Gasteiger partial charge in [-0.05, 0) is 55.3 Å². The molecule has 6 nitrogen and oxygen atoms in total. The van der Waals surface area contributed by atoms with Crippen molar-refractivity contribution in [2.75, 3.05) is 23.8 Å². The maximum Gasteiger partial charge on any atom is 0.262 e. The zero-order valence-electron chi connectivity index (χ0n) is 14.2. The van der Waals surface area contributed by atoms with Gasteiger partial charge in [0.2, 0.25) is 0 Å². The second-order valence-corrected chi connectivity index (χ2v) is 5.83. The smallest absolute Gasteiger partial charge is 0.262 e. The SMILES string of the molecule is CCCOc1ccc(NC(=O)c2ccc3c(c2)NC(=O)CO3)c(C)c1. The van der Waals surface area contributed by atoms with Gasteiger partial charge in [-0.25, -0.2) is 0 Å². The van der Waals surface area contributed by atoms with Gasteiger partial charge in [0.1, 0.15) is 11.5 Å². The van der Waals surface area contributed by atoms with Crippen molar-refractivity contribution < 1.29 is 19.1 Å². The Hall–Kier alpha value is -3.02. The summed E-state index contributed by atoms with van der Waals surface area (Å²) >= 11 is 0. The monoisotopic (exact) mass is 340 g/mol. The molecule has 1 aliphatic rings. The van der Waals surface area contributed by atoms with Crippen molar-refractivity contribution in [1.29, 1.82) is 0 Å². The lowest BCUT2D eigenvalue weighted by Gasteiger charge is -2.18. The highest BCUT2D eigenvalue weighted by molar-refractivity contribution is 6.06. The zero-order chi connectivity index (χ0) is 17.8. The summed E-state index contributed by atoms with van der Waals surface area (Å²) in [5.74, 6) is 0.854. The van der Waals surface area contributed by atoms with Crippen LogP contribution in [0.5, 0.6) is 11.5 Å². The molecule has 0 spiro atoms. The molecule has 0 bridgehead atoms. The van der Waals surface area contributed by atoms with Crippen LogP contribution in [0.15, 0.2) is 36.4 Å². The number of fused-ring (bicyclic) bond motifs is 1. The van der Waals surface area contributed by atoms with Gasteiger partial charge in [0.05, 0.1) is 12.3 Å². The number of hydrogen-bond donors (Lipinski definition) is 2. The van der Waals surface area contributed by atoms with Crippen molar-refractivity contribution in [2.24, 2.45) is 0 Å². The quantitative estimate of drug-likeness (QED) is 0.875. The Bertz CT molecular complexity index is 817. The fourth-order valence-corrected chi connectivity index (χ4v) is 2.50. The van der Waals surface area contributed by atoms with Crippen LogP contribution in [0.3, 0.4) is 0 Å². The molecule has 0 aromatic heterocycles. The van der Waals surface area contributed by atoms with Crippen molar-refractivity contribution in [2.45, 2.75) is 20.3 Å². The Morgan fingerprint density at radius 3 is 2.88 bits per heavy atom. The van der Waals surface area contributed by atoms with Crippen LogP contribution < -0.4 is 20.1 Å². The van der Waals surface area contributed by atoms with Gasteiger partial charge in [0.25, 0.3) is 11.8 Å². The highest BCUT2D eigenvalue weighted by Crippen LogP contribution is 2.29. The van der Waals surface area contributed by atoms with E-state index in [2.05, 4.69) is 10.6 Å². The molecular formula is C19H20N2O4. The lowest BCUT2D eigenvalue weighted by molar-refractivity contribution is -0.118. The first kappa shape index (κ1) is 16.8. The predicted octanol–water partition coefficient (Wildman–Crippen LogP) is 3.37. The van der Waals surface area contributed by atoms with Gasteiger partial charge in [-0.1, -0.05) is 6.92 Å². The molecule has 0 aliphatic carbocycles. The minimum Gasteiger partial charge on any atom is -0.494 e. The van der Waals surface area contributed by atoms with Gasteiger partial charge in [0.15, 0.2) is 6.61 Å². The van der Waals surface area contributed by atoms with Crippen LogP contribution in [0.1, 0.15) is 29.3 Å². The molecule has 2 aromatic carbocycles. The van der Waals surface area contributed by atoms with E-state index in [9.17, 15) is 9.59 Å². The lowest BCUT2D eigenvalue weighted by Crippen LogP contribution is -2.25. The molecule has 0 unspecified atom stereocenters. The summed E-state index contributed by atoms with van der Waals surface area (Å²) < 4.78 is 10.9. The molecule has 2 amide bonds. The first-order valence-corrected chi connectivity index (χ1v) is 8.18. The highest BCUT2D eigenvalue weighted by atomic mass is 16.5. The van der Waals surface area contributed by atoms with Crippen LogP contribution in [-0.2, 0) is 4.79 Å². The summed E-state index contributed by atoms with van der Waals surface area (Å²) in [6, 6.07) is 10.5. The number of aryl methyl sites for hydroxylation is 1. The number of carbonyl (C=O) groups excluding carboxylic acids is 2. The summed E-state index contributed by atoms with van der Waals surface area (Å²) in [6.07, 6.45) is 0.941. The van der Waals surface area contributed by atoms with Crippen LogP contribution in [0, 0.1) is 6.92 Å². The normalized spacial score (nSPS) is 12.6. The Labute approximate surface area is 146 Å². The number of ether oxygens (including phenoxy) is 2. The standard InChI is InChI=1S/C19H20N2O4/c1-3-8-24-14-5-6-15(12(2)9-14)21-19(23)13-4-7-17-16(10-13)20-18(22)11-25-17/h4-7,9-10H,3,8,11H2,1-2H3,(H,20,22)(H,21,23). The molecule has 2 aromatic rings. The molecule has 0 radical (unpaired) electrons. The third-order valence-corrected chi connectivity index (χ3v) is 3.79. The lowest BCUT2D eigenvalue weighted by atomic mass is 10.1. The van der Waals surface area contributed by atoms with Gasteiger partial charge in [-0.2, -0.15) is 0 Å². The van der Waals surface area contributed by atoms with Crippen molar-refractivity contribution in [3.63, 3.8) is 0 Å². The number of benzene rings is 2. The largest absolute Gasteiger partial charge is 0.494 e. The minimum atomic E-state index is -0.257. The number of anilines is 2. The fourth-order valence-electron chi connectivity index (χ4n) is 2.50. The van der Waals surface area contributed by atoms with E-state index >= 15 is 0 Å². The zero-order valence-corrected chi connectivity index (χ0v) is 14.2. The second kappa shape index (κ2) is 7.25. The Morgan fingerprint density at radius 1 is 1.28 bits per heavy atom. The molecule has 2 N–H and O–H groups in total. The molecule has 1 aliphatic heterocycles. The van der Waals surface area contributed by atoms with E-state index in [0.29, 0.717) is 29.3 Å². The summed E-state index contributed by atoms with van der Waals surface area (Å²) in [6.45, 7) is 4.61. The topological polar surface area (TPSA) is 76.7 Å². The molecular weight excluding hydrogens is 320 g/mol. The summed E-state index contributed by atoms with van der Waals surface area (Å²) in [4.78, 5) is 23.9. The highest BCUT2D eigenvalue weighted by Gasteiger charge is 2.18. The predicted molar refractivity (Wildman–Crippen MR) is 95.5 cm³/mol. The van der Waals surface area contributed by atoms with Gasteiger partial charge in [-0.15, -0.1) is 0 Å². The van der Waals surface area contributed by atoms with E-state index in [1.807, 2.05) is 32.0 Å². The molecule has 130 valence electrons. The molecule has 25 heavy (non-hydrogen) atoms. The van der Waals surface area contributed by atoms with E-state index in [1.54, 1.807) is 18.2 Å². The third kappa shape index (κ3) is 3.91. The average Bonchev–Trinajstić information content (AvgIpc) is 2.61. The van der Waals surface area contributed by atoms with Crippen LogP contribution in [-0.4, -0.2) is 25.0 Å². The second-order valence-electron chi connectivity index (χ2n) is 5.83. The first-order chi connectivity index (χ1) is 12.1. The summed E-state index contributed by atoms with van der Waals surface area (Å²) in [5, 5.41) is 5.58. The Morgan fingerprint density at radius 2 is 2.12 bits per heavy atom. The van der Waals surface area contributed by atoms with Crippen molar-refractivity contribution in [3.05, 3.63) is 47.5 Å². The number of carbonyl (C=O) groups is 2. The van der Waals surface area contributed by atoms with Gasteiger partial charge >= 0.3 is 0 Å². The van der Waals surface area contributed by atoms with E-state index in [0.717, 1.165) is 17.7 Å². The van der Waals surface area contributed by atoms with E-state index < -0.39 is 0 Å². The first-order valence-electron chi connectivity index (χ1n) is 8.18. The molecule has 1 heterocycles. The Kier molecular flexibility index (Phi) is 4.88. The average molecular weight is 340 g/mol. The molecule has 0 saturated carbocycles. The maximum atomic E-state index is 12.5. The number of hydrogen-bond acceptors (Lipinski definition) is 4. The van der Waals surface area contributed by atoms with Crippen LogP contribution in [0.2, 0.25) is 0 Å². The van der Waals surface area contributed by atoms with Gasteiger partial charge in [-0.3, -0.25) is 9.59 Å². The number of rotatable bonds is 5. The van der Waals surface area contributed by atoms with E-state index in [1.165, 1.54) is 0 Å². The fraction of sp³-hybridized carbons (Fsp3) is 0.263. The van der Waals surface area contributed by atoms with E-state index in [-0.39, 0.29) is 18.4 Å². The van der Waals surface area contributed by atoms with Crippen molar-refractivity contribution in [3.8, 4) is 11.5 Å². The van der Waals surface area contributed by atoms with Gasteiger partial charge in [0, 0.05) is 11.3 Å². The number of amides is 2. The van der Waals surface area contributed by atoms with Crippen LogP contribution >= 0.6 is 0 Å². The third-order valence-electron chi connectivity index (χ3n) is 3.79. The molecule has 3 rings (SSSR count). The van der Waals surface area contributed by atoms with E-state index in [4.69, 9.17) is 9.47 Å². The summed E-state index contributed by atoms with van der Waals surface area (Å²) in [5.41, 5.74) is 2.57. The molecule has 0 atom stereocenters. The van der Waals surface area contributed by atoms with Gasteiger partial charge < -0.3 is 20.1 Å². The minimum absolute atomic E-state index is 0.00973. The van der Waals surface area contributed by atoms with Crippen molar-refractivity contribution >= 4 is 23.2 Å². The number of nitrogens with one attached hydrogen (secondary N) is 2. The van der Waals surface area contributed by atoms with Crippen molar-refractivity contribution in [1.82, 2.24) is 0 Å².